The topological polar surface area (TPSA) is 41.4 Å². The third-order valence-corrected chi connectivity index (χ3v) is 5.27. The van der Waals surface area contributed by atoms with Crippen molar-refractivity contribution in [1.29, 1.82) is 0 Å². The van der Waals surface area contributed by atoms with Crippen LogP contribution in [-0.2, 0) is 13.6 Å². The first-order valence-corrected chi connectivity index (χ1v) is 9.18. The van der Waals surface area contributed by atoms with Crippen LogP contribution in [0, 0.1) is 0 Å². The van der Waals surface area contributed by atoms with E-state index in [4.69, 9.17) is 11.6 Å². The Labute approximate surface area is 157 Å². The quantitative estimate of drug-likeness (QED) is 0.713. The third kappa shape index (κ3) is 3.20. The number of aromatic nitrogens is 2. The SMILES string of the molecule is Cn1nc(CN2CCN(C(=O)c3ccccc3)CC2)c2c(Cl)cccc21. The van der Waals surface area contributed by atoms with Crippen LogP contribution >= 0.6 is 11.6 Å². The van der Waals surface area contributed by atoms with E-state index < -0.39 is 0 Å². The van der Waals surface area contributed by atoms with Crippen molar-refractivity contribution < 1.29 is 4.79 Å². The highest BCUT2D eigenvalue weighted by molar-refractivity contribution is 6.35. The molecule has 2 heterocycles. The van der Waals surface area contributed by atoms with E-state index in [-0.39, 0.29) is 5.91 Å². The minimum atomic E-state index is 0.108. The molecule has 6 heteroatoms. The monoisotopic (exact) mass is 368 g/mol. The van der Waals surface area contributed by atoms with Crippen molar-refractivity contribution in [3.63, 3.8) is 0 Å². The van der Waals surface area contributed by atoms with Crippen LogP contribution in [0.5, 0.6) is 0 Å². The van der Waals surface area contributed by atoms with Gasteiger partial charge in [-0.05, 0) is 24.3 Å². The predicted octanol–water partition coefficient (Wildman–Crippen LogP) is 3.18. The molecule has 1 aliphatic rings. The Morgan fingerprint density at radius 1 is 1.04 bits per heavy atom. The van der Waals surface area contributed by atoms with Gasteiger partial charge in [-0.15, -0.1) is 0 Å². The maximum Gasteiger partial charge on any atom is 0.253 e. The summed E-state index contributed by atoms with van der Waals surface area (Å²) >= 11 is 6.40. The lowest BCUT2D eigenvalue weighted by atomic mass is 10.1. The van der Waals surface area contributed by atoms with Gasteiger partial charge < -0.3 is 4.90 Å². The van der Waals surface area contributed by atoms with Crippen LogP contribution in [0.2, 0.25) is 5.02 Å². The molecule has 0 atom stereocenters. The first-order chi connectivity index (χ1) is 12.6. The van der Waals surface area contributed by atoms with Crippen LogP contribution in [-0.4, -0.2) is 51.7 Å². The average Bonchev–Trinajstić information content (AvgIpc) is 2.99. The second-order valence-corrected chi connectivity index (χ2v) is 7.05. The number of rotatable bonds is 3. The molecule has 0 unspecified atom stereocenters. The average molecular weight is 369 g/mol. The van der Waals surface area contributed by atoms with E-state index in [1.165, 1.54) is 0 Å². The van der Waals surface area contributed by atoms with Crippen molar-refractivity contribution in [1.82, 2.24) is 19.6 Å². The van der Waals surface area contributed by atoms with Gasteiger partial charge >= 0.3 is 0 Å². The molecule has 1 amide bonds. The van der Waals surface area contributed by atoms with Gasteiger partial charge in [-0.3, -0.25) is 14.4 Å². The predicted molar refractivity (Wildman–Crippen MR) is 103 cm³/mol. The van der Waals surface area contributed by atoms with E-state index in [9.17, 15) is 4.79 Å². The Kier molecular flexibility index (Phi) is 4.66. The summed E-state index contributed by atoms with van der Waals surface area (Å²) in [5.74, 6) is 0.108. The third-order valence-electron chi connectivity index (χ3n) is 4.95. The maximum atomic E-state index is 12.6. The maximum absolute atomic E-state index is 12.6. The molecule has 3 aromatic rings. The van der Waals surface area contributed by atoms with E-state index in [0.717, 1.165) is 59.9 Å². The van der Waals surface area contributed by atoms with Crippen LogP contribution in [0.15, 0.2) is 48.5 Å². The molecule has 1 aromatic heterocycles. The molecule has 134 valence electrons. The molecule has 26 heavy (non-hydrogen) atoms. The Morgan fingerprint density at radius 3 is 2.50 bits per heavy atom. The highest BCUT2D eigenvalue weighted by atomic mass is 35.5. The number of hydrogen-bond acceptors (Lipinski definition) is 3. The van der Waals surface area contributed by atoms with Crippen molar-refractivity contribution in [3.05, 3.63) is 64.8 Å². The van der Waals surface area contributed by atoms with Crippen LogP contribution in [0.3, 0.4) is 0 Å². The smallest absolute Gasteiger partial charge is 0.253 e. The molecule has 0 saturated carbocycles. The van der Waals surface area contributed by atoms with Crippen molar-refractivity contribution in [2.75, 3.05) is 26.2 Å². The lowest BCUT2D eigenvalue weighted by Gasteiger charge is -2.34. The van der Waals surface area contributed by atoms with Gasteiger partial charge in [0.15, 0.2) is 0 Å². The van der Waals surface area contributed by atoms with Crippen molar-refractivity contribution in [3.8, 4) is 0 Å². The number of fused-ring (bicyclic) bond motifs is 1. The largest absolute Gasteiger partial charge is 0.336 e. The summed E-state index contributed by atoms with van der Waals surface area (Å²) in [4.78, 5) is 16.8. The molecule has 1 aliphatic heterocycles. The second kappa shape index (κ2) is 7.09. The molecule has 0 aliphatic carbocycles. The minimum absolute atomic E-state index is 0.108. The number of carbonyl (C=O) groups is 1. The molecular formula is C20H21ClN4O. The number of amides is 1. The molecule has 0 radical (unpaired) electrons. The highest BCUT2D eigenvalue weighted by Crippen LogP contribution is 2.27. The van der Waals surface area contributed by atoms with Gasteiger partial charge in [0.05, 0.1) is 16.2 Å². The fraction of sp³-hybridized carbons (Fsp3) is 0.300. The Hall–Kier alpha value is -2.37. The summed E-state index contributed by atoms with van der Waals surface area (Å²) in [7, 11) is 1.94. The number of nitrogens with zero attached hydrogens (tertiary/aromatic N) is 4. The first-order valence-electron chi connectivity index (χ1n) is 8.80. The zero-order valence-corrected chi connectivity index (χ0v) is 15.5. The molecule has 0 bridgehead atoms. The van der Waals surface area contributed by atoms with Crippen molar-refractivity contribution >= 4 is 28.4 Å². The Balaban J connectivity index is 1.44. The summed E-state index contributed by atoms with van der Waals surface area (Å²) in [5.41, 5.74) is 2.80. The Morgan fingerprint density at radius 2 is 1.77 bits per heavy atom. The molecule has 2 aromatic carbocycles. The van der Waals surface area contributed by atoms with Gasteiger partial charge in [0.25, 0.3) is 5.91 Å². The number of benzene rings is 2. The fourth-order valence-corrected chi connectivity index (χ4v) is 3.83. The molecule has 5 nitrogen and oxygen atoms in total. The van der Waals surface area contributed by atoms with Crippen molar-refractivity contribution in [2.45, 2.75) is 6.54 Å². The fourth-order valence-electron chi connectivity index (χ4n) is 3.55. The zero-order valence-electron chi connectivity index (χ0n) is 14.7. The van der Waals surface area contributed by atoms with Crippen LogP contribution in [0.1, 0.15) is 16.1 Å². The minimum Gasteiger partial charge on any atom is -0.336 e. The molecule has 1 fully saturated rings. The van der Waals surface area contributed by atoms with E-state index in [1.54, 1.807) is 0 Å². The normalized spacial score (nSPS) is 15.5. The lowest BCUT2D eigenvalue weighted by Crippen LogP contribution is -2.48. The molecular weight excluding hydrogens is 348 g/mol. The highest BCUT2D eigenvalue weighted by Gasteiger charge is 2.23. The summed E-state index contributed by atoms with van der Waals surface area (Å²) in [6.07, 6.45) is 0. The van der Waals surface area contributed by atoms with Crippen molar-refractivity contribution in [2.24, 2.45) is 7.05 Å². The van der Waals surface area contributed by atoms with Gasteiger partial charge in [-0.1, -0.05) is 35.9 Å². The lowest BCUT2D eigenvalue weighted by molar-refractivity contribution is 0.0627. The van der Waals surface area contributed by atoms with Gasteiger partial charge in [0.1, 0.15) is 0 Å². The summed E-state index contributed by atoms with van der Waals surface area (Å²) in [6, 6.07) is 15.4. The van der Waals surface area contributed by atoms with E-state index in [2.05, 4.69) is 10.00 Å². The van der Waals surface area contributed by atoms with Gasteiger partial charge in [0.2, 0.25) is 0 Å². The van der Waals surface area contributed by atoms with E-state index >= 15 is 0 Å². The van der Waals surface area contributed by atoms with Gasteiger partial charge in [0, 0.05) is 50.7 Å². The number of hydrogen-bond donors (Lipinski definition) is 0. The first kappa shape index (κ1) is 17.1. The molecule has 1 saturated heterocycles. The van der Waals surface area contributed by atoms with Gasteiger partial charge in [-0.2, -0.15) is 5.10 Å². The standard InChI is InChI=1S/C20H21ClN4O/c1-23-18-9-5-8-16(21)19(18)17(22-23)14-24-10-12-25(13-11-24)20(26)15-6-3-2-4-7-15/h2-9H,10-14H2,1H3. The number of aryl methyl sites for hydroxylation is 1. The number of piperazine rings is 1. The molecule has 0 spiro atoms. The van der Waals surface area contributed by atoms with Crippen LogP contribution < -0.4 is 0 Å². The van der Waals surface area contributed by atoms with Crippen LogP contribution in [0.4, 0.5) is 0 Å². The molecule has 0 N–H and O–H groups in total. The summed E-state index contributed by atoms with van der Waals surface area (Å²) in [5, 5.41) is 6.42. The molecule has 4 rings (SSSR count). The van der Waals surface area contributed by atoms with E-state index in [0.29, 0.717) is 0 Å². The van der Waals surface area contributed by atoms with Gasteiger partial charge in [-0.25, -0.2) is 0 Å². The number of halogens is 1. The Bertz CT molecular complexity index is 930. The second-order valence-electron chi connectivity index (χ2n) is 6.64. The van der Waals surface area contributed by atoms with Crippen LogP contribution in [0.25, 0.3) is 10.9 Å². The zero-order chi connectivity index (χ0) is 18.1. The summed E-state index contributed by atoms with van der Waals surface area (Å²) in [6.45, 7) is 3.87. The summed E-state index contributed by atoms with van der Waals surface area (Å²) < 4.78 is 1.88. The van der Waals surface area contributed by atoms with E-state index in [1.807, 2.05) is 65.2 Å². The number of carbonyl (C=O) groups excluding carboxylic acids is 1.